The van der Waals surface area contributed by atoms with Gasteiger partial charge in [-0.3, -0.25) is 4.90 Å². The van der Waals surface area contributed by atoms with Crippen molar-refractivity contribution < 1.29 is 19.0 Å². The van der Waals surface area contributed by atoms with Gasteiger partial charge in [-0.25, -0.2) is 4.79 Å². The Labute approximate surface area is 168 Å². The largest absolute Gasteiger partial charge is 0.486 e. The van der Waals surface area contributed by atoms with Crippen LogP contribution in [-0.2, 0) is 9.53 Å². The fourth-order valence-electron chi connectivity index (χ4n) is 3.49. The lowest BCUT2D eigenvalue weighted by molar-refractivity contribution is -0.136. The lowest BCUT2D eigenvalue weighted by Crippen LogP contribution is -2.48. The number of hydrogen-bond donors (Lipinski definition) is 1. The Morgan fingerprint density at radius 2 is 1.86 bits per heavy atom. The number of nitrogens with one attached hydrogen (secondary N) is 1. The van der Waals surface area contributed by atoms with Crippen LogP contribution < -0.4 is 19.7 Å². The number of thiocarbonyl (C=S) groups is 1. The van der Waals surface area contributed by atoms with Crippen molar-refractivity contribution in [3.63, 3.8) is 0 Å². The second-order valence-corrected chi connectivity index (χ2v) is 6.83. The lowest BCUT2D eigenvalue weighted by atomic mass is 9.95. The van der Waals surface area contributed by atoms with Gasteiger partial charge < -0.3 is 19.5 Å². The number of methoxy groups -OCH3 is 1. The molecule has 0 fully saturated rings. The molecule has 2 aromatic rings. The number of ether oxygens (including phenoxy) is 3. The van der Waals surface area contributed by atoms with Crippen molar-refractivity contribution in [1.29, 1.82) is 0 Å². The van der Waals surface area contributed by atoms with E-state index in [4.69, 9.17) is 26.4 Å². The summed E-state index contributed by atoms with van der Waals surface area (Å²) in [6.07, 6.45) is 0. The number of esters is 1. The molecular weight excluding hydrogens is 376 g/mol. The number of carbonyl (C=O) groups excluding carboxylic acids is 1. The summed E-state index contributed by atoms with van der Waals surface area (Å²) in [7, 11) is 1.38. The number of anilines is 1. The number of hydrogen-bond acceptors (Lipinski definition) is 5. The van der Waals surface area contributed by atoms with Gasteiger partial charge in [0.2, 0.25) is 0 Å². The molecule has 1 atom stereocenters. The molecule has 0 aliphatic carbocycles. The highest BCUT2D eigenvalue weighted by Gasteiger charge is 2.35. The van der Waals surface area contributed by atoms with Crippen LogP contribution in [0.25, 0.3) is 0 Å². The van der Waals surface area contributed by atoms with Crippen LogP contribution in [0.2, 0.25) is 0 Å². The fraction of sp³-hybridized carbons (Fsp3) is 0.238. The third-order valence-electron chi connectivity index (χ3n) is 4.81. The molecule has 28 heavy (non-hydrogen) atoms. The Bertz CT molecular complexity index is 958. The topological polar surface area (TPSA) is 60.0 Å². The molecule has 2 heterocycles. The van der Waals surface area contributed by atoms with Gasteiger partial charge in [-0.1, -0.05) is 30.3 Å². The summed E-state index contributed by atoms with van der Waals surface area (Å²) < 4.78 is 16.4. The highest BCUT2D eigenvalue weighted by atomic mass is 32.1. The second-order valence-electron chi connectivity index (χ2n) is 6.45. The van der Waals surface area contributed by atoms with E-state index in [1.54, 1.807) is 0 Å². The van der Waals surface area contributed by atoms with Crippen molar-refractivity contribution in [2.45, 2.75) is 13.0 Å². The number of benzene rings is 2. The van der Waals surface area contributed by atoms with E-state index >= 15 is 0 Å². The first-order chi connectivity index (χ1) is 13.6. The van der Waals surface area contributed by atoms with Crippen molar-refractivity contribution in [3.05, 3.63) is 65.4 Å². The molecule has 0 radical (unpaired) electrons. The molecule has 2 aromatic carbocycles. The molecule has 0 bridgehead atoms. The van der Waals surface area contributed by atoms with Crippen LogP contribution in [0.15, 0.2) is 59.8 Å². The molecule has 4 rings (SSSR count). The number of rotatable bonds is 3. The SMILES string of the molecule is COC(=O)C1=C(C)N(c2ccc3c(c2)OCCO3)C(=S)N[C@@H]1c1ccccc1. The fourth-order valence-corrected chi connectivity index (χ4v) is 3.86. The van der Waals surface area contributed by atoms with Gasteiger partial charge in [-0.05, 0) is 36.8 Å². The highest BCUT2D eigenvalue weighted by molar-refractivity contribution is 7.80. The standard InChI is InChI=1S/C21H20N2O4S/c1-13-18(20(24)25-2)19(14-6-4-3-5-7-14)22-21(28)23(13)15-8-9-16-17(12-15)27-11-10-26-16/h3-9,12,19H,10-11H2,1-2H3,(H,22,28)/t19-/m1/s1. The van der Waals surface area contributed by atoms with Gasteiger partial charge in [0, 0.05) is 11.8 Å². The van der Waals surface area contributed by atoms with Crippen LogP contribution in [0.1, 0.15) is 18.5 Å². The zero-order valence-electron chi connectivity index (χ0n) is 15.6. The quantitative estimate of drug-likeness (QED) is 0.631. The maximum atomic E-state index is 12.6. The number of allylic oxidation sites excluding steroid dienone is 1. The molecule has 144 valence electrons. The number of carbonyl (C=O) groups is 1. The van der Waals surface area contributed by atoms with Gasteiger partial charge in [0.25, 0.3) is 0 Å². The van der Waals surface area contributed by atoms with Gasteiger partial charge in [-0.15, -0.1) is 0 Å². The van der Waals surface area contributed by atoms with Crippen molar-refractivity contribution in [2.75, 3.05) is 25.2 Å². The summed E-state index contributed by atoms with van der Waals surface area (Å²) in [4.78, 5) is 14.5. The van der Waals surface area contributed by atoms with Crippen molar-refractivity contribution in [2.24, 2.45) is 0 Å². The first-order valence-corrected chi connectivity index (χ1v) is 9.35. The Hall–Kier alpha value is -3.06. The predicted molar refractivity (Wildman–Crippen MR) is 110 cm³/mol. The summed E-state index contributed by atoms with van der Waals surface area (Å²) in [6.45, 7) is 2.89. The maximum Gasteiger partial charge on any atom is 0.337 e. The minimum Gasteiger partial charge on any atom is -0.486 e. The van der Waals surface area contributed by atoms with Gasteiger partial charge in [0.15, 0.2) is 16.6 Å². The van der Waals surface area contributed by atoms with Gasteiger partial charge in [-0.2, -0.15) is 0 Å². The molecule has 2 aliphatic heterocycles. The Kier molecular flexibility index (Phi) is 4.92. The second kappa shape index (κ2) is 7.52. The molecule has 0 saturated heterocycles. The van der Waals surface area contributed by atoms with E-state index in [9.17, 15) is 4.79 Å². The molecule has 0 aromatic heterocycles. The summed E-state index contributed by atoms with van der Waals surface area (Å²) in [5.41, 5.74) is 2.94. The summed E-state index contributed by atoms with van der Waals surface area (Å²) in [5, 5.41) is 3.78. The monoisotopic (exact) mass is 396 g/mol. The van der Waals surface area contributed by atoms with E-state index in [1.165, 1.54) is 7.11 Å². The minimum atomic E-state index is -0.399. The van der Waals surface area contributed by atoms with Crippen LogP contribution in [0.4, 0.5) is 5.69 Å². The molecule has 0 unspecified atom stereocenters. The van der Waals surface area contributed by atoms with E-state index in [0.717, 1.165) is 11.3 Å². The molecular formula is C21H20N2O4S. The summed E-state index contributed by atoms with van der Waals surface area (Å²) >= 11 is 5.65. The zero-order chi connectivity index (χ0) is 19.7. The van der Waals surface area contributed by atoms with Crippen molar-refractivity contribution in [1.82, 2.24) is 5.32 Å². The number of nitrogens with zero attached hydrogens (tertiary/aromatic N) is 1. The van der Waals surface area contributed by atoms with Gasteiger partial charge in [0.1, 0.15) is 13.2 Å². The summed E-state index contributed by atoms with van der Waals surface area (Å²) in [5.74, 6) is 0.955. The predicted octanol–water partition coefficient (Wildman–Crippen LogP) is 3.34. The Balaban J connectivity index is 1.80. The van der Waals surface area contributed by atoms with E-state index in [-0.39, 0.29) is 6.04 Å². The van der Waals surface area contributed by atoms with E-state index < -0.39 is 5.97 Å². The molecule has 0 amide bonds. The van der Waals surface area contributed by atoms with Crippen LogP contribution in [-0.4, -0.2) is 31.4 Å². The molecule has 6 nitrogen and oxygen atoms in total. The number of fused-ring (bicyclic) bond motifs is 1. The van der Waals surface area contributed by atoms with Crippen LogP contribution >= 0.6 is 12.2 Å². The minimum absolute atomic E-state index is 0.380. The molecule has 1 N–H and O–H groups in total. The molecule has 0 spiro atoms. The Morgan fingerprint density at radius 1 is 1.14 bits per heavy atom. The van der Waals surface area contributed by atoms with Crippen LogP contribution in [0.3, 0.4) is 0 Å². The zero-order valence-corrected chi connectivity index (χ0v) is 16.4. The molecule has 2 aliphatic rings. The maximum absolute atomic E-state index is 12.6. The van der Waals surface area contributed by atoms with E-state index in [1.807, 2.05) is 60.4 Å². The van der Waals surface area contributed by atoms with Crippen LogP contribution in [0, 0.1) is 0 Å². The first-order valence-electron chi connectivity index (χ1n) is 8.94. The third kappa shape index (κ3) is 3.18. The van der Waals surface area contributed by atoms with Gasteiger partial charge in [0.05, 0.1) is 24.4 Å². The summed E-state index contributed by atoms with van der Waals surface area (Å²) in [6, 6.07) is 14.9. The molecule has 0 saturated carbocycles. The van der Waals surface area contributed by atoms with Crippen molar-refractivity contribution in [3.8, 4) is 11.5 Å². The van der Waals surface area contributed by atoms with Gasteiger partial charge >= 0.3 is 5.97 Å². The Morgan fingerprint density at radius 3 is 2.57 bits per heavy atom. The smallest absolute Gasteiger partial charge is 0.337 e. The van der Waals surface area contributed by atoms with Crippen LogP contribution in [0.5, 0.6) is 11.5 Å². The average Bonchev–Trinajstić information content (AvgIpc) is 2.73. The normalized spacial score (nSPS) is 18.6. The van der Waals surface area contributed by atoms with E-state index in [2.05, 4.69) is 5.32 Å². The average molecular weight is 396 g/mol. The lowest BCUT2D eigenvalue weighted by Gasteiger charge is -2.37. The molecule has 7 heteroatoms. The van der Waals surface area contributed by atoms with Crippen molar-refractivity contribution >= 4 is 29.0 Å². The highest BCUT2D eigenvalue weighted by Crippen LogP contribution is 2.38. The first kappa shape index (κ1) is 18.3. The van der Waals surface area contributed by atoms with E-state index in [0.29, 0.717) is 41.1 Å². The third-order valence-corrected chi connectivity index (χ3v) is 5.11.